The first kappa shape index (κ1) is 14.5. The van der Waals surface area contributed by atoms with E-state index in [0.717, 1.165) is 31.5 Å². The van der Waals surface area contributed by atoms with Crippen molar-refractivity contribution in [3.05, 3.63) is 35.4 Å². The molecular formula is C16H21N3O. The molecule has 1 fully saturated rings. The summed E-state index contributed by atoms with van der Waals surface area (Å²) in [5, 5.41) is 12.1. The molecule has 4 heteroatoms. The van der Waals surface area contributed by atoms with Crippen LogP contribution in [0.4, 0.5) is 0 Å². The zero-order valence-corrected chi connectivity index (χ0v) is 11.9. The van der Waals surface area contributed by atoms with Crippen molar-refractivity contribution in [2.24, 2.45) is 5.92 Å². The first-order valence-corrected chi connectivity index (χ1v) is 7.13. The quantitative estimate of drug-likeness (QED) is 0.910. The predicted molar refractivity (Wildman–Crippen MR) is 77.8 cm³/mol. The smallest absolute Gasteiger partial charge is 0.222 e. The summed E-state index contributed by atoms with van der Waals surface area (Å²) in [5.41, 5.74) is 1.71. The highest BCUT2D eigenvalue weighted by atomic mass is 16.2. The molecule has 0 aliphatic carbocycles. The second-order valence-corrected chi connectivity index (χ2v) is 5.46. The normalized spacial score (nSPS) is 15.6. The number of carbonyl (C=O) groups excluding carboxylic acids is 1. The molecule has 106 valence electrons. The van der Waals surface area contributed by atoms with Crippen molar-refractivity contribution >= 4 is 5.91 Å². The Balaban J connectivity index is 1.84. The molecule has 0 saturated carbocycles. The molecular weight excluding hydrogens is 250 g/mol. The molecule has 1 heterocycles. The molecule has 1 aliphatic heterocycles. The molecule has 0 spiro atoms. The van der Waals surface area contributed by atoms with Crippen LogP contribution in [0, 0.1) is 17.2 Å². The number of carbonyl (C=O) groups is 1. The Morgan fingerprint density at radius 3 is 2.60 bits per heavy atom. The van der Waals surface area contributed by atoms with E-state index in [-0.39, 0.29) is 5.91 Å². The van der Waals surface area contributed by atoms with Gasteiger partial charge >= 0.3 is 0 Å². The van der Waals surface area contributed by atoms with Crippen LogP contribution < -0.4 is 5.32 Å². The lowest BCUT2D eigenvalue weighted by molar-refractivity contribution is -0.131. The van der Waals surface area contributed by atoms with E-state index in [1.165, 1.54) is 0 Å². The van der Waals surface area contributed by atoms with Crippen LogP contribution in [0.25, 0.3) is 0 Å². The minimum Gasteiger partial charge on any atom is -0.341 e. The lowest BCUT2D eigenvalue weighted by Crippen LogP contribution is -2.33. The number of rotatable bonds is 4. The Bertz CT molecular complexity index is 483. The Morgan fingerprint density at radius 2 is 2.00 bits per heavy atom. The molecule has 1 aromatic rings. The fraction of sp³-hybridized carbons (Fsp3) is 0.500. The van der Waals surface area contributed by atoms with Gasteiger partial charge in [0.15, 0.2) is 0 Å². The van der Waals surface area contributed by atoms with Gasteiger partial charge in [0.05, 0.1) is 11.6 Å². The molecule has 4 nitrogen and oxygen atoms in total. The molecule has 1 N–H and O–H groups in total. The van der Waals surface area contributed by atoms with E-state index in [1.807, 2.05) is 19.2 Å². The van der Waals surface area contributed by atoms with Crippen molar-refractivity contribution in [2.75, 3.05) is 20.1 Å². The summed E-state index contributed by atoms with van der Waals surface area (Å²) >= 11 is 0. The number of piperidine rings is 1. The second-order valence-electron chi connectivity index (χ2n) is 5.46. The highest BCUT2D eigenvalue weighted by Crippen LogP contribution is 2.17. The van der Waals surface area contributed by atoms with Crippen LogP contribution >= 0.6 is 0 Å². The topological polar surface area (TPSA) is 56.1 Å². The summed E-state index contributed by atoms with van der Waals surface area (Å²) < 4.78 is 0. The molecule has 2 rings (SSSR count). The van der Waals surface area contributed by atoms with Gasteiger partial charge in [0.25, 0.3) is 0 Å². The van der Waals surface area contributed by atoms with E-state index in [2.05, 4.69) is 11.4 Å². The number of nitrogens with one attached hydrogen (secondary N) is 1. The maximum atomic E-state index is 12.2. The number of nitriles is 1. The van der Waals surface area contributed by atoms with Gasteiger partial charge < -0.3 is 10.2 Å². The number of benzene rings is 1. The SMILES string of the molecule is CN(Cc1ccc(C#N)cc1)C(=O)CC1CCNCC1. The standard InChI is InChI=1S/C16H21N3O/c1-19(12-15-4-2-14(11-17)3-5-15)16(20)10-13-6-8-18-9-7-13/h2-5,13,18H,6-10,12H2,1H3. The maximum Gasteiger partial charge on any atom is 0.222 e. The second kappa shape index (κ2) is 7.06. The molecule has 1 amide bonds. The lowest BCUT2D eigenvalue weighted by atomic mass is 9.94. The van der Waals surface area contributed by atoms with Gasteiger partial charge in [-0.2, -0.15) is 5.26 Å². The summed E-state index contributed by atoms with van der Waals surface area (Å²) in [6.07, 6.45) is 2.83. The van der Waals surface area contributed by atoms with Gasteiger partial charge in [0.1, 0.15) is 0 Å². The third kappa shape index (κ3) is 4.07. The fourth-order valence-electron chi connectivity index (χ4n) is 2.54. The zero-order valence-electron chi connectivity index (χ0n) is 11.9. The van der Waals surface area contributed by atoms with E-state index in [1.54, 1.807) is 17.0 Å². The van der Waals surface area contributed by atoms with Crippen molar-refractivity contribution in [3.63, 3.8) is 0 Å². The summed E-state index contributed by atoms with van der Waals surface area (Å²) in [6, 6.07) is 9.50. The van der Waals surface area contributed by atoms with Crippen molar-refractivity contribution < 1.29 is 4.79 Å². The van der Waals surface area contributed by atoms with Gasteiger partial charge in [-0.3, -0.25) is 4.79 Å². The van der Waals surface area contributed by atoms with Crippen LogP contribution in [0.2, 0.25) is 0 Å². The Labute approximate surface area is 120 Å². The molecule has 0 radical (unpaired) electrons. The molecule has 0 bridgehead atoms. The van der Waals surface area contributed by atoms with Gasteiger partial charge in [-0.15, -0.1) is 0 Å². The Kier molecular flexibility index (Phi) is 5.14. The average molecular weight is 271 g/mol. The Hall–Kier alpha value is -1.86. The first-order valence-electron chi connectivity index (χ1n) is 7.13. The molecule has 1 aromatic carbocycles. The number of hydrogen-bond acceptors (Lipinski definition) is 3. The van der Waals surface area contributed by atoms with Crippen LogP contribution in [0.1, 0.15) is 30.4 Å². The van der Waals surface area contributed by atoms with Crippen LogP contribution in [-0.2, 0) is 11.3 Å². The van der Waals surface area contributed by atoms with Crippen LogP contribution in [0.3, 0.4) is 0 Å². The largest absolute Gasteiger partial charge is 0.341 e. The van der Waals surface area contributed by atoms with Crippen molar-refractivity contribution in [3.8, 4) is 6.07 Å². The molecule has 0 unspecified atom stereocenters. The third-order valence-electron chi connectivity index (χ3n) is 3.85. The lowest BCUT2D eigenvalue weighted by Gasteiger charge is -2.25. The van der Waals surface area contributed by atoms with Gasteiger partial charge in [0.2, 0.25) is 5.91 Å². The van der Waals surface area contributed by atoms with Gasteiger partial charge in [-0.25, -0.2) is 0 Å². The zero-order chi connectivity index (χ0) is 14.4. The van der Waals surface area contributed by atoms with E-state index < -0.39 is 0 Å². The minimum atomic E-state index is 0.209. The number of hydrogen-bond donors (Lipinski definition) is 1. The van der Waals surface area contributed by atoms with Gasteiger partial charge in [-0.05, 0) is 49.5 Å². The maximum absolute atomic E-state index is 12.2. The highest BCUT2D eigenvalue weighted by Gasteiger charge is 2.19. The average Bonchev–Trinajstić information content (AvgIpc) is 2.49. The summed E-state index contributed by atoms with van der Waals surface area (Å²) in [7, 11) is 1.85. The molecule has 20 heavy (non-hydrogen) atoms. The third-order valence-corrected chi connectivity index (χ3v) is 3.85. The van der Waals surface area contributed by atoms with Crippen molar-refractivity contribution in [1.82, 2.24) is 10.2 Å². The van der Waals surface area contributed by atoms with Crippen LogP contribution in [-0.4, -0.2) is 30.9 Å². The van der Waals surface area contributed by atoms with E-state index in [4.69, 9.17) is 5.26 Å². The van der Waals surface area contributed by atoms with Gasteiger partial charge in [-0.1, -0.05) is 12.1 Å². The van der Waals surface area contributed by atoms with Crippen molar-refractivity contribution in [2.45, 2.75) is 25.8 Å². The number of nitrogens with zero attached hydrogens (tertiary/aromatic N) is 2. The van der Waals surface area contributed by atoms with Crippen LogP contribution in [0.5, 0.6) is 0 Å². The molecule has 1 aliphatic rings. The monoisotopic (exact) mass is 271 g/mol. The summed E-state index contributed by atoms with van der Waals surface area (Å²) in [6.45, 7) is 2.66. The summed E-state index contributed by atoms with van der Waals surface area (Å²) in [4.78, 5) is 14.0. The van der Waals surface area contributed by atoms with Crippen LogP contribution in [0.15, 0.2) is 24.3 Å². The molecule has 0 aromatic heterocycles. The molecule has 0 atom stereocenters. The van der Waals surface area contributed by atoms with E-state index in [9.17, 15) is 4.79 Å². The highest BCUT2D eigenvalue weighted by molar-refractivity contribution is 5.76. The molecule has 1 saturated heterocycles. The Morgan fingerprint density at radius 1 is 1.35 bits per heavy atom. The van der Waals surface area contributed by atoms with E-state index >= 15 is 0 Å². The first-order chi connectivity index (χ1) is 9.69. The predicted octanol–water partition coefficient (Wildman–Crippen LogP) is 1.91. The minimum absolute atomic E-state index is 0.209. The van der Waals surface area contributed by atoms with E-state index in [0.29, 0.717) is 24.4 Å². The number of amides is 1. The van der Waals surface area contributed by atoms with Gasteiger partial charge in [0, 0.05) is 20.0 Å². The van der Waals surface area contributed by atoms with Crippen molar-refractivity contribution in [1.29, 1.82) is 5.26 Å². The summed E-state index contributed by atoms with van der Waals surface area (Å²) in [5.74, 6) is 0.730. The fourth-order valence-corrected chi connectivity index (χ4v) is 2.54.